The van der Waals surface area contributed by atoms with Crippen molar-refractivity contribution in [3.05, 3.63) is 59.4 Å². The number of anilines is 1. The maximum atomic E-state index is 13.9. The first-order chi connectivity index (χ1) is 15.5. The number of amides is 1. The van der Waals surface area contributed by atoms with Gasteiger partial charge in [-0.2, -0.15) is 4.31 Å². The highest BCUT2D eigenvalue weighted by Crippen LogP contribution is 2.32. The van der Waals surface area contributed by atoms with Crippen LogP contribution in [0.25, 0.3) is 0 Å². The molecule has 2 aliphatic heterocycles. The zero-order valence-electron chi connectivity index (χ0n) is 18.2. The summed E-state index contributed by atoms with van der Waals surface area (Å²) in [4.78, 5) is 15.1. The molecule has 2 heterocycles. The second-order valence-electron chi connectivity index (χ2n) is 8.47. The van der Waals surface area contributed by atoms with Gasteiger partial charge in [-0.3, -0.25) is 4.79 Å². The lowest BCUT2D eigenvalue weighted by Gasteiger charge is -2.33. The van der Waals surface area contributed by atoms with Crippen molar-refractivity contribution in [2.45, 2.75) is 50.0 Å². The van der Waals surface area contributed by atoms with Crippen LogP contribution < -0.4 is 10.2 Å². The lowest BCUT2D eigenvalue weighted by Crippen LogP contribution is -2.38. The summed E-state index contributed by atoms with van der Waals surface area (Å²) in [5, 5.41) is 2.71. The number of carbonyl (C=O) groups excluding carboxylic acids is 1. The molecule has 0 bridgehead atoms. The lowest BCUT2D eigenvalue weighted by molar-refractivity contribution is 0.0950. The Balaban J connectivity index is 1.63. The number of piperidine rings is 2. The van der Waals surface area contributed by atoms with Crippen LogP contribution in [0, 0.1) is 5.82 Å². The third-order valence-corrected chi connectivity index (χ3v) is 8.18. The molecule has 0 aliphatic carbocycles. The zero-order valence-corrected chi connectivity index (χ0v) is 19.0. The molecule has 2 fully saturated rings. The van der Waals surface area contributed by atoms with E-state index in [9.17, 15) is 17.6 Å². The molecule has 0 unspecified atom stereocenters. The third-order valence-electron chi connectivity index (χ3n) is 6.25. The predicted octanol–water partition coefficient (Wildman–Crippen LogP) is 3.92. The number of benzene rings is 2. The molecular formula is C24H30FN3O3S. The average molecular weight is 460 g/mol. The van der Waals surface area contributed by atoms with Gasteiger partial charge in [0.05, 0.1) is 5.69 Å². The minimum Gasteiger partial charge on any atom is -0.370 e. The van der Waals surface area contributed by atoms with E-state index in [4.69, 9.17) is 0 Å². The molecular weight excluding hydrogens is 429 g/mol. The van der Waals surface area contributed by atoms with E-state index in [1.807, 2.05) is 0 Å². The van der Waals surface area contributed by atoms with Crippen molar-refractivity contribution in [3.63, 3.8) is 0 Å². The maximum Gasteiger partial charge on any atom is 0.251 e. The number of carbonyl (C=O) groups is 1. The monoisotopic (exact) mass is 459 g/mol. The van der Waals surface area contributed by atoms with E-state index in [2.05, 4.69) is 10.2 Å². The molecule has 6 nitrogen and oxygen atoms in total. The van der Waals surface area contributed by atoms with Crippen molar-refractivity contribution in [2.75, 3.05) is 31.1 Å². The fourth-order valence-electron chi connectivity index (χ4n) is 4.42. The molecule has 32 heavy (non-hydrogen) atoms. The minimum atomic E-state index is -3.72. The molecule has 0 aromatic heterocycles. The smallest absolute Gasteiger partial charge is 0.251 e. The van der Waals surface area contributed by atoms with Gasteiger partial charge in [0.2, 0.25) is 10.0 Å². The SMILES string of the molecule is O=C(NCc1ccccc1F)c1ccc(N2CCCCC2)c(S(=O)(=O)N2CCCCC2)c1. The van der Waals surface area contributed by atoms with E-state index in [1.165, 1.54) is 12.1 Å². The molecule has 0 atom stereocenters. The molecule has 0 spiro atoms. The van der Waals surface area contributed by atoms with Gasteiger partial charge in [0.1, 0.15) is 10.7 Å². The summed E-state index contributed by atoms with van der Waals surface area (Å²) in [5.41, 5.74) is 1.31. The molecule has 4 rings (SSSR count). The Morgan fingerprint density at radius 2 is 1.56 bits per heavy atom. The van der Waals surface area contributed by atoms with Crippen LogP contribution in [-0.4, -0.2) is 44.8 Å². The second-order valence-corrected chi connectivity index (χ2v) is 10.4. The van der Waals surface area contributed by atoms with Crippen molar-refractivity contribution in [3.8, 4) is 0 Å². The average Bonchev–Trinajstić information content (AvgIpc) is 2.84. The van der Waals surface area contributed by atoms with Crippen molar-refractivity contribution in [1.29, 1.82) is 0 Å². The van der Waals surface area contributed by atoms with E-state index in [0.29, 0.717) is 24.3 Å². The number of halogens is 1. The molecule has 8 heteroatoms. The third kappa shape index (κ3) is 4.96. The van der Waals surface area contributed by atoms with Crippen LogP contribution >= 0.6 is 0 Å². The topological polar surface area (TPSA) is 69.7 Å². The van der Waals surface area contributed by atoms with E-state index < -0.39 is 15.9 Å². The Morgan fingerprint density at radius 1 is 0.906 bits per heavy atom. The molecule has 2 aromatic rings. The Hall–Kier alpha value is -2.45. The first-order valence-corrected chi connectivity index (χ1v) is 12.8. The fourth-order valence-corrected chi connectivity index (χ4v) is 6.18. The Kier molecular flexibility index (Phi) is 7.10. The van der Waals surface area contributed by atoms with Gasteiger partial charge in [0.25, 0.3) is 5.91 Å². The van der Waals surface area contributed by atoms with Crippen molar-refractivity contribution in [2.24, 2.45) is 0 Å². The summed E-state index contributed by atoms with van der Waals surface area (Å²) in [6.07, 6.45) is 5.91. The molecule has 1 amide bonds. The van der Waals surface area contributed by atoms with Crippen molar-refractivity contribution in [1.82, 2.24) is 9.62 Å². The summed E-state index contributed by atoms with van der Waals surface area (Å²) in [6.45, 7) is 2.66. The number of sulfonamides is 1. The first-order valence-electron chi connectivity index (χ1n) is 11.4. The lowest BCUT2D eigenvalue weighted by atomic mass is 10.1. The van der Waals surface area contributed by atoms with Crippen LogP contribution in [0.5, 0.6) is 0 Å². The van der Waals surface area contributed by atoms with Crippen molar-refractivity contribution < 1.29 is 17.6 Å². The van der Waals surface area contributed by atoms with Gasteiger partial charge in [-0.15, -0.1) is 0 Å². The number of hydrogen-bond acceptors (Lipinski definition) is 4. The zero-order chi connectivity index (χ0) is 22.6. The highest BCUT2D eigenvalue weighted by atomic mass is 32.2. The molecule has 0 radical (unpaired) electrons. The molecule has 2 aliphatic rings. The van der Waals surface area contributed by atoms with Crippen LogP contribution in [0.4, 0.5) is 10.1 Å². The number of nitrogens with one attached hydrogen (secondary N) is 1. The summed E-state index contributed by atoms with van der Waals surface area (Å²) in [5.74, 6) is -0.810. The van der Waals surface area contributed by atoms with Gasteiger partial charge in [0, 0.05) is 43.9 Å². The number of hydrogen-bond donors (Lipinski definition) is 1. The van der Waals surface area contributed by atoms with Crippen LogP contribution in [0.3, 0.4) is 0 Å². The maximum absolute atomic E-state index is 13.9. The van der Waals surface area contributed by atoms with Gasteiger partial charge in [0.15, 0.2) is 0 Å². The number of nitrogens with zero attached hydrogens (tertiary/aromatic N) is 2. The Labute approximate surface area is 189 Å². The van der Waals surface area contributed by atoms with Gasteiger partial charge in [-0.05, 0) is 56.4 Å². The van der Waals surface area contributed by atoms with Crippen LogP contribution in [-0.2, 0) is 16.6 Å². The second kappa shape index (κ2) is 10.0. The summed E-state index contributed by atoms with van der Waals surface area (Å²) in [6, 6.07) is 11.2. The summed E-state index contributed by atoms with van der Waals surface area (Å²) < 4.78 is 42.6. The molecule has 2 aromatic carbocycles. The highest BCUT2D eigenvalue weighted by Gasteiger charge is 2.31. The largest absolute Gasteiger partial charge is 0.370 e. The molecule has 172 valence electrons. The van der Waals surface area contributed by atoms with Crippen molar-refractivity contribution >= 4 is 21.6 Å². The summed E-state index contributed by atoms with van der Waals surface area (Å²) >= 11 is 0. The van der Waals surface area contributed by atoms with Gasteiger partial charge < -0.3 is 10.2 Å². The first kappa shape index (κ1) is 22.7. The van der Waals surface area contributed by atoms with E-state index in [1.54, 1.807) is 34.6 Å². The quantitative estimate of drug-likeness (QED) is 0.711. The van der Waals surface area contributed by atoms with E-state index in [-0.39, 0.29) is 22.8 Å². The molecule has 0 saturated carbocycles. The van der Waals surface area contributed by atoms with E-state index >= 15 is 0 Å². The normalized spacial score (nSPS) is 17.8. The fraction of sp³-hybridized carbons (Fsp3) is 0.458. The number of rotatable bonds is 6. The Morgan fingerprint density at radius 3 is 2.25 bits per heavy atom. The molecule has 2 saturated heterocycles. The van der Waals surface area contributed by atoms with Gasteiger partial charge >= 0.3 is 0 Å². The van der Waals surface area contributed by atoms with Crippen LogP contribution in [0.15, 0.2) is 47.4 Å². The van der Waals surface area contributed by atoms with Crippen LogP contribution in [0.1, 0.15) is 54.4 Å². The van der Waals surface area contributed by atoms with Gasteiger partial charge in [-0.25, -0.2) is 12.8 Å². The van der Waals surface area contributed by atoms with Gasteiger partial charge in [-0.1, -0.05) is 24.6 Å². The standard InChI is InChI=1S/C24H30FN3O3S/c25-21-10-4-3-9-20(21)18-26-24(29)19-11-12-22(27-13-5-1-6-14-27)23(17-19)32(30,31)28-15-7-2-8-16-28/h3-4,9-12,17H,1-2,5-8,13-16,18H2,(H,26,29). The Bertz CT molecular complexity index is 1060. The summed E-state index contributed by atoms with van der Waals surface area (Å²) in [7, 11) is -3.72. The predicted molar refractivity (Wildman–Crippen MR) is 123 cm³/mol. The molecule has 1 N–H and O–H groups in total. The van der Waals surface area contributed by atoms with E-state index in [0.717, 1.165) is 51.6 Å². The van der Waals surface area contributed by atoms with Crippen LogP contribution in [0.2, 0.25) is 0 Å². The minimum absolute atomic E-state index is 0.0353. The highest BCUT2D eigenvalue weighted by molar-refractivity contribution is 7.89.